The van der Waals surface area contributed by atoms with E-state index in [1.54, 1.807) is 12.1 Å². The first kappa shape index (κ1) is 15.4. The average molecular weight is 311 g/mol. The second-order valence-corrected chi connectivity index (χ2v) is 5.68. The highest BCUT2D eigenvalue weighted by molar-refractivity contribution is 5.94. The van der Waals surface area contributed by atoms with Crippen LogP contribution in [0.5, 0.6) is 11.5 Å². The molecule has 2 aromatic carbocycles. The highest BCUT2D eigenvalue weighted by Crippen LogP contribution is 2.35. The Morgan fingerprint density at radius 1 is 1.30 bits per heavy atom. The van der Waals surface area contributed by atoms with E-state index in [9.17, 15) is 4.79 Å². The molecule has 23 heavy (non-hydrogen) atoms. The van der Waals surface area contributed by atoms with Gasteiger partial charge in [-0.2, -0.15) is 0 Å². The number of carbonyl (C=O) groups is 1. The molecule has 1 N–H and O–H groups in total. The quantitative estimate of drug-likeness (QED) is 0.921. The Hall–Kier alpha value is -2.49. The summed E-state index contributed by atoms with van der Waals surface area (Å²) >= 11 is 0. The number of amides is 1. The van der Waals surface area contributed by atoms with Gasteiger partial charge < -0.3 is 14.8 Å². The molecule has 0 aromatic heterocycles. The van der Waals surface area contributed by atoms with Crippen LogP contribution in [-0.4, -0.2) is 18.6 Å². The summed E-state index contributed by atoms with van der Waals surface area (Å²) in [5.41, 5.74) is 2.75. The summed E-state index contributed by atoms with van der Waals surface area (Å²) in [7, 11) is 0. The van der Waals surface area contributed by atoms with Crippen molar-refractivity contribution in [1.82, 2.24) is 5.32 Å². The van der Waals surface area contributed by atoms with E-state index in [1.165, 1.54) is 5.56 Å². The van der Waals surface area contributed by atoms with Crippen molar-refractivity contribution in [2.24, 2.45) is 0 Å². The maximum atomic E-state index is 12.2. The van der Waals surface area contributed by atoms with Gasteiger partial charge in [0.05, 0.1) is 6.61 Å². The first-order valence-corrected chi connectivity index (χ1v) is 7.96. The van der Waals surface area contributed by atoms with Crippen LogP contribution in [0.3, 0.4) is 0 Å². The predicted octanol–water partition coefficient (Wildman–Crippen LogP) is 3.34. The lowest BCUT2D eigenvalue weighted by molar-refractivity contribution is 0.0950. The second-order valence-electron chi connectivity index (χ2n) is 5.68. The van der Waals surface area contributed by atoms with Gasteiger partial charge in [0.2, 0.25) is 0 Å². The number of hydrogen-bond acceptors (Lipinski definition) is 3. The van der Waals surface area contributed by atoms with Gasteiger partial charge in [-0.1, -0.05) is 18.2 Å². The van der Waals surface area contributed by atoms with Gasteiger partial charge in [0.1, 0.15) is 17.6 Å². The van der Waals surface area contributed by atoms with Crippen molar-refractivity contribution in [1.29, 1.82) is 0 Å². The summed E-state index contributed by atoms with van der Waals surface area (Å²) < 4.78 is 11.5. The van der Waals surface area contributed by atoms with Crippen LogP contribution in [0.4, 0.5) is 0 Å². The number of carbonyl (C=O) groups excluding carboxylic acids is 1. The molecule has 0 fully saturated rings. The van der Waals surface area contributed by atoms with Gasteiger partial charge in [0.25, 0.3) is 5.91 Å². The van der Waals surface area contributed by atoms with Gasteiger partial charge in [-0.15, -0.1) is 0 Å². The van der Waals surface area contributed by atoms with E-state index in [1.807, 2.05) is 37.3 Å². The minimum Gasteiger partial charge on any atom is -0.494 e. The number of fused-ring (bicyclic) bond motifs is 1. The first-order valence-electron chi connectivity index (χ1n) is 7.96. The normalized spacial score (nSPS) is 15.7. The Labute approximate surface area is 136 Å². The Morgan fingerprint density at radius 3 is 2.83 bits per heavy atom. The second kappa shape index (κ2) is 6.73. The molecule has 3 rings (SSSR count). The van der Waals surface area contributed by atoms with Crippen LogP contribution in [0.2, 0.25) is 0 Å². The summed E-state index contributed by atoms with van der Waals surface area (Å²) in [5.74, 6) is 1.62. The van der Waals surface area contributed by atoms with Gasteiger partial charge in [0, 0.05) is 29.7 Å². The molecule has 1 amide bonds. The minimum atomic E-state index is -0.0946. The summed E-state index contributed by atoms with van der Waals surface area (Å²) in [6.07, 6.45) is 1.08. The molecule has 0 saturated carbocycles. The van der Waals surface area contributed by atoms with Crippen molar-refractivity contribution >= 4 is 5.91 Å². The lowest BCUT2D eigenvalue weighted by Crippen LogP contribution is -2.23. The molecule has 0 bridgehead atoms. The zero-order chi connectivity index (χ0) is 16.2. The van der Waals surface area contributed by atoms with E-state index >= 15 is 0 Å². The van der Waals surface area contributed by atoms with E-state index in [-0.39, 0.29) is 12.0 Å². The van der Waals surface area contributed by atoms with E-state index in [2.05, 4.69) is 12.2 Å². The maximum Gasteiger partial charge on any atom is 0.251 e. The van der Waals surface area contributed by atoms with Gasteiger partial charge >= 0.3 is 0 Å². The van der Waals surface area contributed by atoms with Crippen LogP contribution in [0, 0.1) is 0 Å². The van der Waals surface area contributed by atoms with Crippen molar-refractivity contribution < 1.29 is 14.3 Å². The Balaban J connectivity index is 1.76. The molecule has 0 saturated heterocycles. The fourth-order valence-electron chi connectivity index (χ4n) is 2.78. The van der Waals surface area contributed by atoms with Gasteiger partial charge in [-0.05, 0) is 38.1 Å². The van der Waals surface area contributed by atoms with E-state index in [0.29, 0.717) is 18.7 Å². The topological polar surface area (TPSA) is 47.6 Å². The van der Waals surface area contributed by atoms with Gasteiger partial charge in [-0.25, -0.2) is 0 Å². The molecule has 1 aliphatic rings. The fraction of sp³-hybridized carbons (Fsp3) is 0.316. The zero-order valence-electron chi connectivity index (χ0n) is 13.5. The van der Waals surface area contributed by atoms with Crippen molar-refractivity contribution in [3.63, 3.8) is 0 Å². The Kier molecular flexibility index (Phi) is 4.51. The number of benzene rings is 2. The molecule has 1 aliphatic heterocycles. The van der Waals surface area contributed by atoms with Crippen LogP contribution in [-0.2, 0) is 13.0 Å². The summed E-state index contributed by atoms with van der Waals surface area (Å²) in [6, 6.07) is 13.2. The highest BCUT2D eigenvalue weighted by Gasteiger charge is 2.22. The standard InChI is InChI=1S/C19H21NO3/c1-3-22-17-10-15-9-13(2)23-18(15)11-16(17)12-20-19(21)14-7-5-4-6-8-14/h4-8,10-11,13H,3,9,12H2,1-2H3,(H,20,21)/t13-/m1/s1. The lowest BCUT2D eigenvalue weighted by atomic mass is 10.1. The third-order valence-electron chi connectivity index (χ3n) is 3.85. The third kappa shape index (κ3) is 3.47. The van der Waals surface area contributed by atoms with Crippen molar-refractivity contribution in [3.05, 3.63) is 59.2 Å². The Bertz CT molecular complexity index is 697. The maximum absolute atomic E-state index is 12.2. The first-order chi connectivity index (χ1) is 11.2. The molecular weight excluding hydrogens is 290 g/mol. The lowest BCUT2D eigenvalue weighted by Gasteiger charge is -2.13. The SMILES string of the molecule is CCOc1cc2c(cc1CNC(=O)c1ccccc1)O[C@H](C)C2. The molecule has 2 aromatic rings. The van der Waals surface area contributed by atoms with Crippen LogP contribution < -0.4 is 14.8 Å². The highest BCUT2D eigenvalue weighted by atomic mass is 16.5. The van der Waals surface area contributed by atoms with Crippen molar-refractivity contribution in [2.75, 3.05) is 6.61 Å². The molecule has 0 radical (unpaired) electrons. The van der Waals surface area contributed by atoms with E-state index in [0.717, 1.165) is 23.5 Å². The minimum absolute atomic E-state index is 0.0946. The molecule has 4 nitrogen and oxygen atoms in total. The number of nitrogens with one attached hydrogen (secondary N) is 1. The molecule has 4 heteroatoms. The average Bonchev–Trinajstić information content (AvgIpc) is 2.92. The number of hydrogen-bond donors (Lipinski definition) is 1. The van der Waals surface area contributed by atoms with E-state index in [4.69, 9.17) is 9.47 Å². The van der Waals surface area contributed by atoms with Crippen LogP contribution in [0.15, 0.2) is 42.5 Å². The smallest absolute Gasteiger partial charge is 0.251 e. The van der Waals surface area contributed by atoms with Gasteiger partial charge in [-0.3, -0.25) is 4.79 Å². The third-order valence-corrected chi connectivity index (χ3v) is 3.85. The van der Waals surface area contributed by atoms with Crippen LogP contribution in [0.25, 0.3) is 0 Å². The summed E-state index contributed by atoms with van der Waals surface area (Å²) in [5, 5.41) is 2.94. The molecule has 0 aliphatic carbocycles. The molecule has 0 spiro atoms. The molecule has 120 valence electrons. The van der Waals surface area contributed by atoms with Crippen molar-refractivity contribution in [3.8, 4) is 11.5 Å². The summed E-state index contributed by atoms with van der Waals surface area (Å²) in [4.78, 5) is 12.2. The number of ether oxygens (including phenoxy) is 2. The molecule has 1 atom stereocenters. The zero-order valence-corrected chi connectivity index (χ0v) is 13.5. The van der Waals surface area contributed by atoms with Crippen LogP contribution in [0.1, 0.15) is 35.3 Å². The van der Waals surface area contributed by atoms with Gasteiger partial charge in [0.15, 0.2) is 0 Å². The summed E-state index contributed by atoms with van der Waals surface area (Å²) in [6.45, 7) is 5.01. The fourth-order valence-corrected chi connectivity index (χ4v) is 2.78. The Morgan fingerprint density at radius 2 is 2.09 bits per heavy atom. The largest absolute Gasteiger partial charge is 0.494 e. The predicted molar refractivity (Wildman–Crippen MR) is 89.0 cm³/mol. The number of rotatable bonds is 5. The van der Waals surface area contributed by atoms with E-state index < -0.39 is 0 Å². The monoisotopic (exact) mass is 311 g/mol. The van der Waals surface area contributed by atoms with Crippen LogP contribution >= 0.6 is 0 Å². The molecular formula is C19H21NO3. The molecule has 0 unspecified atom stereocenters. The van der Waals surface area contributed by atoms with Crippen molar-refractivity contribution in [2.45, 2.75) is 32.9 Å². The molecule has 1 heterocycles.